The molecule has 0 aliphatic carbocycles. The lowest BCUT2D eigenvalue weighted by molar-refractivity contribution is -0.137. The number of nitrogen functional groups attached to an aromatic ring is 1. The lowest BCUT2D eigenvalue weighted by Crippen LogP contribution is -2.09. The Hall–Kier alpha value is -2.21. The van der Waals surface area contributed by atoms with E-state index in [0.29, 0.717) is 12.1 Å². The molecule has 1 aromatic rings. The molecule has 0 bridgehead atoms. The highest BCUT2D eigenvalue weighted by atomic mass is 19.4. The van der Waals surface area contributed by atoms with E-state index in [1.807, 2.05) is 5.92 Å². The normalized spacial score (nSPS) is 10.2. The zero-order valence-electron chi connectivity index (χ0n) is 7.69. The van der Waals surface area contributed by atoms with Crippen LogP contribution < -0.4 is 5.73 Å². The lowest BCUT2D eigenvalue weighted by atomic mass is 10.1. The molecule has 0 aliphatic rings. The van der Waals surface area contributed by atoms with Gasteiger partial charge in [-0.15, -0.1) is 0 Å². The second-order valence-corrected chi connectivity index (χ2v) is 2.78. The first-order chi connectivity index (χ1) is 7.36. The van der Waals surface area contributed by atoms with Crippen molar-refractivity contribution in [1.29, 1.82) is 5.26 Å². The summed E-state index contributed by atoms with van der Waals surface area (Å²) in [4.78, 5) is 0. The van der Waals surface area contributed by atoms with E-state index in [-0.39, 0.29) is 0 Å². The smallest absolute Gasteiger partial charge is 0.396 e. The maximum atomic E-state index is 12.9. The van der Waals surface area contributed by atoms with Gasteiger partial charge in [0.2, 0.25) is 0 Å². The Morgan fingerprint density at radius 3 is 2.38 bits per heavy atom. The van der Waals surface area contributed by atoms with Crippen LogP contribution in [0.3, 0.4) is 0 Å². The van der Waals surface area contributed by atoms with Crippen molar-refractivity contribution in [2.24, 2.45) is 0 Å². The fourth-order valence-electron chi connectivity index (χ4n) is 1.02. The second kappa shape index (κ2) is 4.11. The highest BCUT2D eigenvalue weighted by Gasteiger charge is 2.34. The van der Waals surface area contributed by atoms with Gasteiger partial charge in [-0.2, -0.15) is 18.4 Å². The first-order valence-electron chi connectivity index (χ1n) is 3.92. The molecule has 1 aromatic carbocycles. The second-order valence-electron chi connectivity index (χ2n) is 2.78. The highest BCUT2D eigenvalue weighted by Crippen LogP contribution is 2.33. The van der Waals surface area contributed by atoms with Crippen molar-refractivity contribution in [3.05, 3.63) is 29.1 Å². The Labute approximate surface area is 88.3 Å². The molecule has 2 N–H and O–H groups in total. The number of hydrogen-bond donors (Lipinski definition) is 1. The maximum absolute atomic E-state index is 12.9. The molecular formula is C10H4F4N2. The molecule has 0 atom stereocenters. The largest absolute Gasteiger partial charge is 0.417 e. The minimum Gasteiger partial charge on any atom is -0.396 e. The molecule has 1 rings (SSSR count). The Balaban J connectivity index is 3.47. The summed E-state index contributed by atoms with van der Waals surface area (Å²) < 4.78 is 50.3. The van der Waals surface area contributed by atoms with Gasteiger partial charge in [0, 0.05) is 11.5 Å². The van der Waals surface area contributed by atoms with Gasteiger partial charge in [-0.1, -0.05) is 0 Å². The minimum absolute atomic E-state index is 0.455. The predicted octanol–water partition coefficient (Wildman–Crippen LogP) is 2.30. The number of alkyl halides is 3. The van der Waals surface area contributed by atoms with Crippen LogP contribution in [-0.4, -0.2) is 0 Å². The Kier molecular flexibility index (Phi) is 3.05. The van der Waals surface area contributed by atoms with Gasteiger partial charge >= 0.3 is 6.18 Å². The topological polar surface area (TPSA) is 49.8 Å². The molecule has 0 saturated carbocycles. The summed E-state index contributed by atoms with van der Waals surface area (Å²) in [7, 11) is 0. The molecule has 0 radical (unpaired) electrons. The third kappa shape index (κ3) is 2.43. The van der Waals surface area contributed by atoms with Crippen LogP contribution in [0.1, 0.15) is 11.1 Å². The summed E-state index contributed by atoms with van der Waals surface area (Å²) in [5.41, 5.74) is 2.64. The average molecular weight is 228 g/mol. The Morgan fingerprint density at radius 1 is 1.25 bits per heavy atom. The summed E-state index contributed by atoms with van der Waals surface area (Å²) in [6.07, 6.45) is -4.69. The molecule has 0 saturated heterocycles. The van der Waals surface area contributed by atoms with E-state index in [0.717, 1.165) is 0 Å². The summed E-state index contributed by atoms with van der Waals surface area (Å²) in [6.45, 7) is 0. The van der Waals surface area contributed by atoms with Crippen molar-refractivity contribution < 1.29 is 17.6 Å². The van der Waals surface area contributed by atoms with Gasteiger partial charge in [-0.3, -0.25) is 0 Å². The van der Waals surface area contributed by atoms with Crippen LogP contribution in [-0.2, 0) is 6.18 Å². The molecule has 2 nitrogen and oxygen atoms in total. The lowest BCUT2D eigenvalue weighted by Gasteiger charge is -2.10. The first kappa shape index (κ1) is 11.9. The predicted molar refractivity (Wildman–Crippen MR) is 48.3 cm³/mol. The van der Waals surface area contributed by atoms with Crippen LogP contribution in [0.4, 0.5) is 23.2 Å². The molecule has 0 aromatic heterocycles. The minimum atomic E-state index is -4.69. The van der Waals surface area contributed by atoms with Crippen molar-refractivity contribution in [3.8, 4) is 17.9 Å². The molecule has 0 amide bonds. The average Bonchev–Trinajstić information content (AvgIpc) is 2.17. The number of anilines is 1. The van der Waals surface area contributed by atoms with Gasteiger partial charge in [-0.25, -0.2) is 4.39 Å². The van der Waals surface area contributed by atoms with E-state index < -0.39 is 28.8 Å². The fraction of sp³-hybridized carbons (Fsp3) is 0.100. The molecule has 0 aliphatic heterocycles. The molecule has 0 heterocycles. The van der Waals surface area contributed by atoms with E-state index in [4.69, 9.17) is 11.0 Å². The Bertz CT molecular complexity index is 515. The number of halogens is 4. The van der Waals surface area contributed by atoms with Gasteiger partial charge in [0.15, 0.2) is 6.07 Å². The molecule has 0 spiro atoms. The summed E-state index contributed by atoms with van der Waals surface area (Å²) >= 11 is 0. The van der Waals surface area contributed by atoms with Crippen molar-refractivity contribution >= 4 is 5.69 Å². The van der Waals surface area contributed by atoms with Crippen LogP contribution in [0.15, 0.2) is 12.1 Å². The van der Waals surface area contributed by atoms with Gasteiger partial charge in [-0.05, 0) is 18.1 Å². The van der Waals surface area contributed by atoms with Crippen LogP contribution in [0.25, 0.3) is 0 Å². The SMILES string of the molecule is N#CC#Cc1cc(F)c(N)cc1C(F)(F)F. The van der Waals surface area contributed by atoms with Crippen LogP contribution in [0, 0.1) is 29.0 Å². The number of benzene rings is 1. The number of rotatable bonds is 0. The third-order valence-electron chi connectivity index (χ3n) is 1.70. The molecule has 6 heteroatoms. The Morgan fingerprint density at radius 2 is 1.88 bits per heavy atom. The van der Waals surface area contributed by atoms with Gasteiger partial charge in [0.1, 0.15) is 5.82 Å². The van der Waals surface area contributed by atoms with Gasteiger partial charge < -0.3 is 5.73 Å². The summed E-state index contributed by atoms with van der Waals surface area (Å²) in [5, 5.41) is 8.12. The van der Waals surface area contributed by atoms with Crippen molar-refractivity contribution in [1.82, 2.24) is 0 Å². The van der Waals surface area contributed by atoms with E-state index in [9.17, 15) is 17.6 Å². The summed E-state index contributed by atoms with van der Waals surface area (Å²) in [5.74, 6) is 2.68. The van der Waals surface area contributed by atoms with Crippen molar-refractivity contribution in [2.75, 3.05) is 5.73 Å². The third-order valence-corrected chi connectivity index (χ3v) is 1.70. The zero-order valence-corrected chi connectivity index (χ0v) is 7.69. The van der Waals surface area contributed by atoms with Crippen LogP contribution in [0.5, 0.6) is 0 Å². The van der Waals surface area contributed by atoms with Gasteiger partial charge in [0.25, 0.3) is 0 Å². The number of nitriles is 1. The monoisotopic (exact) mass is 228 g/mol. The number of nitrogens with two attached hydrogens (primary N) is 1. The molecular weight excluding hydrogens is 224 g/mol. The number of hydrogen-bond acceptors (Lipinski definition) is 2. The number of nitrogens with zero attached hydrogens (tertiary/aromatic N) is 1. The van der Waals surface area contributed by atoms with Crippen LogP contribution in [0.2, 0.25) is 0 Å². The van der Waals surface area contributed by atoms with E-state index in [1.165, 1.54) is 6.07 Å². The molecule has 16 heavy (non-hydrogen) atoms. The highest BCUT2D eigenvalue weighted by molar-refractivity contribution is 5.53. The quantitative estimate of drug-likeness (QED) is 0.420. The molecule has 0 fully saturated rings. The maximum Gasteiger partial charge on any atom is 0.417 e. The van der Waals surface area contributed by atoms with E-state index in [2.05, 4.69) is 0 Å². The van der Waals surface area contributed by atoms with Crippen molar-refractivity contribution in [2.45, 2.75) is 6.18 Å². The summed E-state index contributed by atoms with van der Waals surface area (Å²) in [6, 6.07) is 2.36. The molecule has 82 valence electrons. The van der Waals surface area contributed by atoms with Gasteiger partial charge in [0.05, 0.1) is 11.3 Å². The zero-order chi connectivity index (χ0) is 12.3. The van der Waals surface area contributed by atoms with Crippen LogP contribution >= 0.6 is 0 Å². The van der Waals surface area contributed by atoms with Crippen molar-refractivity contribution in [3.63, 3.8) is 0 Å². The standard InChI is InChI=1S/C10H4F4N2/c11-8-4-6(2-1-3-15)7(5-9(8)16)10(12,13)14/h4-5H,16H2. The molecule has 0 unspecified atom stereocenters. The first-order valence-corrected chi connectivity index (χ1v) is 3.92. The fourth-order valence-corrected chi connectivity index (χ4v) is 1.02. The van der Waals surface area contributed by atoms with E-state index >= 15 is 0 Å². The van der Waals surface area contributed by atoms with E-state index in [1.54, 1.807) is 5.92 Å².